The quantitative estimate of drug-likeness (QED) is 0.937. The Kier molecular flexibility index (Phi) is 4.31. The van der Waals surface area contributed by atoms with Crippen LogP contribution in [0.5, 0.6) is 0 Å². The number of nitrogens with zero attached hydrogens (tertiary/aromatic N) is 3. The molecule has 6 heteroatoms. The third kappa shape index (κ3) is 2.94. The second-order valence-corrected chi connectivity index (χ2v) is 6.92. The summed E-state index contributed by atoms with van der Waals surface area (Å²) in [5.74, 6) is -0.0364. The van der Waals surface area contributed by atoms with E-state index in [-0.39, 0.29) is 5.91 Å². The van der Waals surface area contributed by atoms with Crippen molar-refractivity contribution < 1.29 is 4.79 Å². The fourth-order valence-corrected chi connectivity index (χ4v) is 3.72. The molecule has 0 radical (unpaired) electrons. The van der Waals surface area contributed by atoms with Crippen molar-refractivity contribution in [1.82, 2.24) is 20.0 Å². The first-order chi connectivity index (χ1) is 10.6. The lowest BCUT2D eigenvalue weighted by Gasteiger charge is -2.32. The Morgan fingerprint density at radius 2 is 2.36 bits per heavy atom. The van der Waals surface area contributed by atoms with Gasteiger partial charge in [0.2, 0.25) is 0 Å². The smallest absolute Gasteiger partial charge is 0.254 e. The molecule has 2 aromatic rings. The maximum Gasteiger partial charge on any atom is 0.254 e. The van der Waals surface area contributed by atoms with Gasteiger partial charge in [-0.3, -0.25) is 14.4 Å². The SMILES string of the molecule is Cc1c(C(=O)NC[C@H](C)N2CCc3sccc3C2)cnn1C. The summed E-state index contributed by atoms with van der Waals surface area (Å²) in [5.41, 5.74) is 3.00. The average Bonchev–Trinajstić information content (AvgIpc) is 3.11. The summed E-state index contributed by atoms with van der Waals surface area (Å²) in [6.45, 7) is 6.80. The van der Waals surface area contributed by atoms with Crippen molar-refractivity contribution in [3.8, 4) is 0 Å². The predicted octanol–water partition coefficient (Wildman–Crippen LogP) is 1.97. The van der Waals surface area contributed by atoms with E-state index in [2.05, 4.69) is 33.7 Å². The van der Waals surface area contributed by atoms with Crippen LogP contribution in [0.1, 0.15) is 33.4 Å². The monoisotopic (exact) mass is 318 g/mol. The highest BCUT2D eigenvalue weighted by Crippen LogP contribution is 2.24. The normalized spacial score (nSPS) is 16.3. The van der Waals surface area contributed by atoms with Crippen LogP contribution in [0.15, 0.2) is 17.6 Å². The van der Waals surface area contributed by atoms with Gasteiger partial charge < -0.3 is 5.32 Å². The fraction of sp³-hybridized carbons (Fsp3) is 0.500. The lowest BCUT2D eigenvalue weighted by Crippen LogP contribution is -2.44. The lowest BCUT2D eigenvalue weighted by molar-refractivity contribution is 0.0932. The molecule has 0 unspecified atom stereocenters. The number of amides is 1. The van der Waals surface area contributed by atoms with Crippen LogP contribution in [-0.2, 0) is 20.0 Å². The zero-order valence-corrected chi connectivity index (χ0v) is 14.1. The van der Waals surface area contributed by atoms with Crippen LogP contribution in [0.4, 0.5) is 0 Å². The van der Waals surface area contributed by atoms with Gasteiger partial charge in [-0.15, -0.1) is 11.3 Å². The molecule has 0 bridgehead atoms. The van der Waals surface area contributed by atoms with Gasteiger partial charge in [0.05, 0.1) is 11.8 Å². The Bertz CT molecular complexity index is 675. The van der Waals surface area contributed by atoms with Crippen LogP contribution in [0, 0.1) is 6.92 Å². The van der Waals surface area contributed by atoms with Crippen LogP contribution in [-0.4, -0.2) is 39.7 Å². The molecule has 1 N–H and O–H groups in total. The molecular weight excluding hydrogens is 296 g/mol. The van der Waals surface area contributed by atoms with Gasteiger partial charge in [0.25, 0.3) is 5.91 Å². The molecule has 0 saturated carbocycles. The summed E-state index contributed by atoms with van der Waals surface area (Å²) < 4.78 is 1.72. The Hall–Kier alpha value is -1.66. The molecule has 0 aromatic carbocycles. The van der Waals surface area contributed by atoms with Crippen LogP contribution in [0.25, 0.3) is 0 Å². The van der Waals surface area contributed by atoms with Gasteiger partial charge >= 0.3 is 0 Å². The number of carbonyl (C=O) groups is 1. The minimum Gasteiger partial charge on any atom is -0.350 e. The van der Waals surface area contributed by atoms with Crippen molar-refractivity contribution in [2.75, 3.05) is 13.1 Å². The molecule has 1 aliphatic rings. The van der Waals surface area contributed by atoms with E-state index in [1.165, 1.54) is 10.4 Å². The standard InChI is InChI=1S/C16H22N4OS/c1-11(20-6-4-15-13(10-20)5-7-22-15)8-17-16(21)14-9-18-19(3)12(14)2/h5,7,9,11H,4,6,8,10H2,1-3H3,(H,17,21)/t11-/m0/s1. The molecule has 1 aliphatic heterocycles. The van der Waals surface area contributed by atoms with E-state index < -0.39 is 0 Å². The van der Waals surface area contributed by atoms with E-state index in [1.807, 2.05) is 25.3 Å². The van der Waals surface area contributed by atoms with Gasteiger partial charge in [-0.05, 0) is 37.3 Å². The Balaban J connectivity index is 1.55. The molecule has 0 fully saturated rings. The van der Waals surface area contributed by atoms with E-state index in [4.69, 9.17) is 0 Å². The highest BCUT2D eigenvalue weighted by atomic mass is 32.1. The van der Waals surface area contributed by atoms with Crippen molar-refractivity contribution in [3.05, 3.63) is 39.3 Å². The maximum atomic E-state index is 12.2. The molecule has 5 nitrogen and oxygen atoms in total. The largest absolute Gasteiger partial charge is 0.350 e. The molecule has 1 atom stereocenters. The first-order valence-corrected chi connectivity index (χ1v) is 8.50. The molecule has 3 heterocycles. The molecule has 22 heavy (non-hydrogen) atoms. The maximum absolute atomic E-state index is 12.2. The van der Waals surface area contributed by atoms with Gasteiger partial charge in [-0.25, -0.2) is 0 Å². The molecule has 1 amide bonds. The van der Waals surface area contributed by atoms with Crippen LogP contribution in [0.2, 0.25) is 0 Å². The van der Waals surface area contributed by atoms with E-state index in [1.54, 1.807) is 10.9 Å². The first kappa shape index (κ1) is 15.2. The highest BCUT2D eigenvalue weighted by molar-refractivity contribution is 7.10. The molecule has 3 rings (SSSR count). The molecule has 0 saturated heterocycles. The van der Waals surface area contributed by atoms with Crippen molar-refractivity contribution in [2.24, 2.45) is 7.05 Å². The number of nitrogens with one attached hydrogen (secondary N) is 1. The Morgan fingerprint density at radius 1 is 1.55 bits per heavy atom. The predicted molar refractivity (Wildman–Crippen MR) is 88.2 cm³/mol. The fourth-order valence-electron chi connectivity index (χ4n) is 2.83. The summed E-state index contributed by atoms with van der Waals surface area (Å²) in [6.07, 6.45) is 2.75. The van der Waals surface area contributed by atoms with Gasteiger partial charge in [-0.1, -0.05) is 0 Å². The Morgan fingerprint density at radius 3 is 3.09 bits per heavy atom. The Labute approximate surface area is 134 Å². The lowest BCUT2D eigenvalue weighted by atomic mass is 10.1. The van der Waals surface area contributed by atoms with Gasteiger partial charge in [0.1, 0.15) is 0 Å². The number of thiophene rings is 1. The van der Waals surface area contributed by atoms with E-state index in [9.17, 15) is 4.79 Å². The number of aryl methyl sites for hydroxylation is 1. The summed E-state index contributed by atoms with van der Waals surface area (Å²) >= 11 is 1.85. The number of rotatable bonds is 4. The molecular formula is C16H22N4OS. The first-order valence-electron chi connectivity index (χ1n) is 7.62. The zero-order chi connectivity index (χ0) is 15.7. The van der Waals surface area contributed by atoms with Crippen molar-refractivity contribution in [1.29, 1.82) is 0 Å². The molecule has 118 valence electrons. The summed E-state index contributed by atoms with van der Waals surface area (Å²) in [5, 5.41) is 9.33. The average molecular weight is 318 g/mol. The highest BCUT2D eigenvalue weighted by Gasteiger charge is 2.22. The second kappa shape index (κ2) is 6.22. The van der Waals surface area contributed by atoms with Gasteiger partial charge in [0.15, 0.2) is 0 Å². The third-order valence-corrected chi connectivity index (χ3v) is 5.52. The summed E-state index contributed by atoms with van der Waals surface area (Å²) in [7, 11) is 1.85. The van der Waals surface area contributed by atoms with Crippen LogP contribution in [0.3, 0.4) is 0 Å². The molecule has 0 spiro atoms. The number of fused-ring (bicyclic) bond motifs is 1. The van der Waals surface area contributed by atoms with Gasteiger partial charge in [0, 0.05) is 43.3 Å². The zero-order valence-electron chi connectivity index (χ0n) is 13.3. The summed E-state index contributed by atoms with van der Waals surface area (Å²) in [4.78, 5) is 16.2. The van der Waals surface area contributed by atoms with E-state index in [0.717, 1.165) is 25.2 Å². The van der Waals surface area contributed by atoms with E-state index in [0.29, 0.717) is 18.2 Å². The molecule has 0 aliphatic carbocycles. The van der Waals surface area contributed by atoms with E-state index >= 15 is 0 Å². The number of hydrogen-bond acceptors (Lipinski definition) is 4. The number of hydrogen-bond donors (Lipinski definition) is 1. The minimum atomic E-state index is -0.0364. The molecule has 2 aromatic heterocycles. The van der Waals surface area contributed by atoms with Crippen LogP contribution >= 0.6 is 11.3 Å². The number of aromatic nitrogens is 2. The third-order valence-electron chi connectivity index (χ3n) is 4.50. The number of carbonyl (C=O) groups excluding carboxylic acids is 1. The van der Waals surface area contributed by atoms with Crippen molar-refractivity contribution in [2.45, 2.75) is 32.9 Å². The van der Waals surface area contributed by atoms with Crippen molar-refractivity contribution in [3.63, 3.8) is 0 Å². The minimum absolute atomic E-state index is 0.0364. The second-order valence-electron chi connectivity index (χ2n) is 5.92. The van der Waals surface area contributed by atoms with Crippen molar-refractivity contribution >= 4 is 17.2 Å². The van der Waals surface area contributed by atoms with Gasteiger partial charge in [-0.2, -0.15) is 5.10 Å². The topological polar surface area (TPSA) is 50.2 Å². The summed E-state index contributed by atoms with van der Waals surface area (Å²) in [6, 6.07) is 2.55. The van der Waals surface area contributed by atoms with Crippen LogP contribution < -0.4 is 5.32 Å².